The topological polar surface area (TPSA) is 54.9 Å². The Morgan fingerprint density at radius 3 is 2.16 bits per heavy atom. The summed E-state index contributed by atoms with van der Waals surface area (Å²) in [4.78, 5) is 20.3. The van der Waals surface area contributed by atoms with Crippen molar-refractivity contribution in [3.63, 3.8) is 0 Å². The Bertz CT molecular complexity index is 1030. The van der Waals surface area contributed by atoms with Crippen molar-refractivity contribution in [2.24, 2.45) is 0 Å². The summed E-state index contributed by atoms with van der Waals surface area (Å²) in [5, 5.41) is 0. The monoisotopic (exact) mass is 469 g/mol. The lowest BCUT2D eigenvalue weighted by molar-refractivity contribution is -0.0692. The summed E-state index contributed by atoms with van der Waals surface area (Å²) in [6, 6.07) is 10.5. The SMILES string of the molecule is CN(C)C(=O)c1ccc(N(Cc2cncs2)c2ccc(OC(F)F)c(OC(F)F)c2)cc1. The molecule has 6 nitrogen and oxygen atoms in total. The minimum Gasteiger partial charge on any atom is -0.431 e. The Morgan fingerprint density at radius 1 is 0.969 bits per heavy atom. The molecule has 3 aromatic rings. The third kappa shape index (κ3) is 5.88. The molecule has 0 aliphatic heterocycles. The minimum absolute atomic E-state index is 0.174. The van der Waals surface area contributed by atoms with Gasteiger partial charge in [-0.15, -0.1) is 11.3 Å². The molecule has 11 heteroatoms. The average molecular weight is 469 g/mol. The Morgan fingerprint density at radius 2 is 1.59 bits per heavy atom. The van der Waals surface area contributed by atoms with Crippen LogP contribution in [0.2, 0.25) is 0 Å². The van der Waals surface area contributed by atoms with E-state index in [1.165, 1.54) is 28.4 Å². The smallest absolute Gasteiger partial charge is 0.387 e. The van der Waals surface area contributed by atoms with E-state index >= 15 is 0 Å². The van der Waals surface area contributed by atoms with Crippen molar-refractivity contribution < 1.29 is 31.8 Å². The number of carbonyl (C=O) groups is 1. The lowest BCUT2D eigenvalue weighted by Gasteiger charge is -2.26. The number of rotatable bonds is 9. The van der Waals surface area contributed by atoms with Gasteiger partial charge in [-0.3, -0.25) is 9.78 Å². The second-order valence-corrected chi connectivity index (χ2v) is 7.66. The molecule has 2 aromatic carbocycles. The summed E-state index contributed by atoms with van der Waals surface area (Å²) in [5.74, 6) is -1.20. The van der Waals surface area contributed by atoms with Crippen LogP contribution in [0.3, 0.4) is 0 Å². The van der Waals surface area contributed by atoms with Crippen molar-refractivity contribution in [1.29, 1.82) is 0 Å². The van der Waals surface area contributed by atoms with Crippen LogP contribution in [0.4, 0.5) is 28.9 Å². The number of anilines is 2. The maximum absolute atomic E-state index is 12.9. The number of ether oxygens (including phenoxy) is 2. The molecule has 1 aromatic heterocycles. The predicted octanol–water partition coefficient (Wildman–Crippen LogP) is 5.39. The predicted molar refractivity (Wildman–Crippen MR) is 112 cm³/mol. The van der Waals surface area contributed by atoms with Crippen LogP contribution in [0, 0.1) is 0 Å². The van der Waals surface area contributed by atoms with Crippen molar-refractivity contribution >= 4 is 28.6 Å². The summed E-state index contributed by atoms with van der Waals surface area (Å²) < 4.78 is 59.8. The van der Waals surface area contributed by atoms with Gasteiger partial charge in [0.1, 0.15) is 0 Å². The molecule has 0 bridgehead atoms. The van der Waals surface area contributed by atoms with E-state index in [1.807, 2.05) is 0 Å². The summed E-state index contributed by atoms with van der Waals surface area (Å²) in [7, 11) is 3.28. The Labute approximate surface area is 185 Å². The van der Waals surface area contributed by atoms with Crippen LogP contribution >= 0.6 is 11.3 Å². The summed E-state index contributed by atoms with van der Waals surface area (Å²) in [5.41, 5.74) is 3.15. The molecule has 0 aliphatic carbocycles. The second-order valence-electron chi connectivity index (χ2n) is 6.69. The molecule has 0 fully saturated rings. The highest BCUT2D eigenvalue weighted by atomic mass is 32.1. The summed E-state index contributed by atoms with van der Waals surface area (Å²) in [6.45, 7) is -6.11. The number of aromatic nitrogens is 1. The van der Waals surface area contributed by atoms with E-state index < -0.39 is 24.7 Å². The lowest BCUT2D eigenvalue weighted by atomic mass is 10.1. The third-order valence-electron chi connectivity index (χ3n) is 4.30. The van der Waals surface area contributed by atoms with Crippen LogP contribution in [-0.4, -0.2) is 43.1 Å². The lowest BCUT2D eigenvalue weighted by Crippen LogP contribution is -2.22. The van der Waals surface area contributed by atoms with Crippen LogP contribution in [0.15, 0.2) is 54.2 Å². The zero-order valence-electron chi connectivity index (χ0n) is 17.0. The van der Waals surface area contributed by atoms with Gasteiger partial charge >= 0.3 is 13.2 Å². The molecular formula is C21H19F4N3O3S. The second kappa shape index (κ2) is 10.3. The molecular weight excluding hydrogens is 450 g/mol. The highest BCUT2D eigenvalue weighted by Crippen LogP contribution is 2.37. The highest BCUT2D eigenvalue weighted by molar-refractivity contribution is 7.09. The summed E-state index contributed by atoms with van der Waals surface area (Å²) >= 11 is 1.39. The maximum Gasteiger partial charge on any atom is 0.387 e. The van der Waals surface area contributed by atoms with Gasteiger partial charge in [0, 0.05) is 48.2 Å². The Kier molecular flexibility index (Phi) is 7.52. The molecule has 0 N–H and O–H groups in total. The molecule has 3 rings (SSSR count). The molecule has 1 heterocycles. The van der Waals surface area contributed by atoms with Crippen LogP contribution in [0.1, 0.15) is 15.2 Å². The number of nitrogens with zero attached hydrogens (tertiary/aromatic N) is 3. The number of amides is 1. The maximum atomic E-state index is 12.9. The minimum atomic E-state index is -3.23. The number of halogens is 4. The molecule has 0 unspecified atom stereocenters. The van der Waals surface area contributed by atoms with E-state index in [0.717, 1.165) is 10.9 Å². The number of benzene rings is 2. The van der Waals surface area contributed by atoms with Gasteiger partial charge in [0.2, 0.25) is 0 Å². The molecule has 170 valence electrons. The number of hydrogen-bond acceptors (Lipinski definition) is 6. The van der Waals surface area contributed by atoms with Gasteiger partial charge in [-0.05, 0) is 36.4 Å². The van der Waals surface area contributed by atoms with E-state index in [2.05, 4.69) is 14.5 Å². The van der Waals surface area contributed by atoms with Crippen molar-refractivity contribution in [3.05, 3.63) is 64.6 Å². The van der Waals surface area contributed by atoms with E-state index in [0.29, 0.717) is 23.5 Å². The molecule has 0 saturated carbocycles. The third-order valence-corrected chi connectivity index (χ3v) is 5.06. The standard InChI is InChI=1S/C21H19F4N3O3S/c1-27(2)19(29)13-3-5-14(6-4-13)28(11-16-10-26-12-32-16)15-7-8-17(30-20(22)23)18(9-15)31-21(24)25/h3-10,12,20-21H,11H2,1-2H3. The normalized spacial score (nSPS) is 11.0. The number of hydrogen-bond donors (Lipinski definition) is 0. The van der Waals surface area contributed by atoms with Gasteiger partial charge in [0.25, 0.3) is 5.91 Å². The van der Waals surface area contributed by atoms with Crippen LogP contribution < -0.4 is 14.4 Å². The molecule has 0 spiro atoms. The fourth-order valence-electron chi connectivity index (χ4n) is 2.90. The average Bonchev–Trinajstić information content (AvgIpc) is 3.25. The first-order chi connectivity index (χ1) is 15.2. The van der Waals surface area contributed by atoms with Crippen LogP contribution in [-0.2, 0) is 6.54 Å². The fourth-order valence-corrected chi connectivity index (χ4v) is 3.48. The Balaban J connectivity index is 2.01. The van der Waals surface area contributed by atoms with Gasteiger partial charge in [-0.25, -0.2) is 0 Å². The molecule has 0 saturated heterocycles. The van der Waals surface area contributed by atoms with Crippen LogP contribution in [0.25, 0.3) is 0 Å². The van der Waals surface area contributed by atoms with E-state index in [-0.39, 0.29) is 5.91 Å². The van der Waals surface area contributed by atoms with Gasteiger partial charge in [-0.1, -0.05) is 0 Å². The van der Waals surface area contributed by atoms with Crippen molar-refractivity contribution in [2.75, 3.05) is 19.0 Å². The molecule has 1 amide bonds. The number of carbonyl (C=O) groups excluding carboxylic acids is 1. The van der Waals surface area contributed by atoms with E-state index in [9.17, 15) is 22.4 Å². The first kappa shape index (κ1) is 23.3. The van der Waals surface area contributed by atoms with E-state index in [4.69, 9.17) is 0 Å². The van der Waals surface area contributed by atoms with Crippen molar-refractivity contribution in [2.45, 2.75) is 19.8 Å². The largest absolute Gasteiger partial charge is 0.431 e. The number of alkyl halides is 4. The zero-order valence-corrected chi connectivity index (χ0v) is 17.9. The van der Waals surface area contributed by atoms with Gasteiger partial charge in [-0.2, -0.15) is 17.6 Å². The fraction of sp³-hybridized carbons (Fsp3) is 0.238. The van der Waals surface area contributed by atoms with Gasteiger partial charge in [0.05, 0.1) is 12.1 Å². The van der Waals surface area contributed by atoms with E-state index in [1.54, 1.807) is 55.0 Å². The molecule has 0 radical (unpaired) electrons. The van der Waals surface area contributed by atoms with Crippen molar-refractivity contribution in [1.82, 2.24) is 9.88 Å². The summed E-state index contributed by atoms with van der Waals surface area (Å²) in [6.07, 6.45) is 1.66. The molecule has 32 heavy (non-hydrogen) atoms. The first-order valence-electron chi connectivity index (χ1n) is 9.25. The van der Waals surface area contributed by atoms with Crippen molar-refractivity contribution in [3.8, 4) is 11.5 Å². The quantitative estimate of drug-likeness (QED) is 0.394. The first-order valence-corrected chi connectivity index (χ1v) is 10.1. The van der Waals surface area contributed by atoms with Gasteiger partial charge in [0.15, 0.2) is 11.5 Å². The van der Waals surface area contributed by atoms with Crippen LogP contribution in [0.5, 0.6) is 11.5 Å². The molecule has 0 atom stereocenters. The highest BCUT2D eigenvalue weighted by Gasteiger charge is 2.19. The Hall–Kier alpha value is -3.34. The zero-order chi connectivity index (χ0) is 23.3. The van der Waals surface area contributed by atoms with Gasteiger partial charge < -0.3 is 19.3 Å². The number of thiazole rings is 1. The molecule has 0 aliphatic rings.